The quantitative estimate of drug-likeness (QED) is 0.879. The molecule has 0 radical (unpaired) electrons. The number of anilines is 1. The van der Waals surface area contributed by atoms with Crippen molar-refractivity contribution in [1.82, 2.24) is 4.98 Å². The standard InChI is InChI=1S/C13H17N3O2/c1-10-3-4-11(9-14)12(16-10)15-6-5-13(2)17-7-8-18-13/h3-4H,5-8H2,1-2H3,(H,15,16). The molecule has 0 spiro atoms. The normalized spacial score (nSPS) is 17.4. The maximum atomic E-state index is 8.99. The first-order valence-electron chi connectivity index (χ1n) is 6.02. The zero-order valence-corrected chi connectivity index (χ0v) is 10.7. The van der Waals surface area contributed by atoms with E-state index in [9.17, 15) is 0 Å². The first-order valence-corrected chi connectivity index (χ1v) is 6.02. The highest BCUT2D eigenvalue weighted by atomic mass is 16.7. The van der Waals surface area contributed by atoms with E-state index in [1.807, 2.05) is 19.9 Å². The summed E-state index contributed by atoms with van der Waals surface area (Å²) in [7, 11) is 0. The molecule has 1 aliphatic rings. The number of nitrogens with zero attached hydrogens (tertiary/aromatic N) is 2. The molecule has 5 nitrogen and oxygen atoms in total. The van der Waals surface area contributed by atoms with E-state index in [0.29, 0.717) is 37.6 Å². The van der Waals surface area contributed by atoms with E-state index in [2.05, 4.69) is 16.4 Å². The summed E-state index contributed by atoms with van der Waals surface area (Å²) >= 11 is 0. The van der Waals surface area contributed by atoms with Crippen LogP contribution in [0.25, 0.3) is 0 Å². The van der Waals surface area contributed by atoms with Gasteiger partial charge in [-0.25, -0.2) is 4.98 Å². The van der Waals surface area contributed by atoms with Gasteiger partial charge in [0.1, 0.15) is 11.9 Å². The topological polar surface area (TPSA) is 67.2 Å². The van der Waals surface area contributed by atoms with Crippen molar-refractivity contribution in [3.8, 4) is 6.07 Å². The van der Waals surface area contributed by atoms with Crippen LogP contribution in [0.15, 0.2) is 12.1 Å². The Hall–Kier alpha value is -1.64. The maximum Gasteiger partial charge on any atom is 0.167 e. The lowest BCUT2D eigenvalue weighted by Crippen LogP contribution is -2.28. The van der Waals surface area contributed by atoms with Crippen LogP contribution in [0.2, 0.25) is 0 Å². The number of nitrogens with one attached hydrogen (secondary N) is 1. The second-order valence-corrected chi connectivity index (χ2v) is 4.47. The molecule has 0 aromatic carbocycles. The molecule has 0 aliphatic carbocycles. The van der Waals surface area contributed by atoms with Crippen molar-refractivity contribution < 1.29 is 9.47 Å². The molecule has 2 rings (SSSR count). The Morgan fingerprint density at radius 2 is 2.17 bits per heavy atom. The molecule has 0 atom stereocenters. The minimum atomic E-state index is -0.510. The first kappa shape index (κ1) is 12.8. The Bertz CT molecular complexity index is 462. The summed E-state index contributed by atoms with van der Waals surface area (Å²) in [4.78, 5) is 4.32. The lowest BCUT2D eigenvalue weighted by atomic mass is 10.2. The Morgan fingerprint density at radius 1 is 1.44 bits per heavy atom. The predicted octanol–water partition coefficient (Wildman–Crippen LogP) is 1.83. The fraction of sp³-hybridized carbons (Fsp3) is 0.538. The highest BCUT2D eigenvalue weighted by Crippen LogP contribution is 2.22. The van der Waals surface area contributed by atoms with Gasteiger partial charge in [-0.3, -0.25) is 0 Å². The highest BCUT2D eigenvalue weighted by Gasteiger charge is 2.30. The largest absolute Gasteiger partial charge is 0.369 e. The minimum absolute atomic E-state index is 0.510. The number of hydrogen-bond acceptors (Lipinski definition) is 5. The molecular formula is C13H17N3O2. The third-order valence-electron chi connectivity index (χ3n) is 2.92. The zero-order chi connectivity index (χ0) is 13.0. The molecule has 0 unspecified atom stereocenters. The molecule has 1 saturated heterocycles. The van der Waals surface area contributed by atoms with Crippen LogP contribution >= 0.6 is 0 Å². The number of ether oxygens (including phenoxy) is 2. The zero-order valence-electron chi connectivity index (χ0n) is 10.7. The van der Waals surface area contributed by atoms with Gasteiger partial charge in [-0.1, -0.05) is 0 Å². The van der Waals surface area contributed by atoms with Gasteiger partial charge in [-0.05, 0) is 26.0 Å². The summed E-state index contributed by atoms with van der Waals surface area (Å²) in [6.45, 7) is 5.76. The van der Waals surface area contributed by atoms with Gasteiger partial charge in [-0.2, -0.15) is 5.26 Å². The summed E-state index contributed by atoms with van der Waals surface area (Å²) in [5.74, 6) is 0.114. The molecule has 0 bridgehead atoms. The first-order chi connectivity index (χ1) is 8.63. The number of hydrogen-bond donors (Lipinski definition) is 1. The average Bonchev–Trinajstić information content (AvgIpc) is 2.77. The Balaban J connectivity index is 1.94. The smallest absolute Gasteiger partial charge is 0.167 e. The van der Waals surface area contributed by atoms with E-state index in [4.69, 9.17) is 14.7 Å². The molecule has 1 aromatic rings. The van der Waals surface area contributed by atoms with Crippen molar-refractivity contribution in [3.05, 3.63) is 23.4 Å². The van der Waals surface area contributed by atoms with Crippen molar-refractivity contribution in [2.45, 2.75) is 26.1 Å². The van der Waals surface area contributed by atoms with E-state index in [-0.39, 0.29) is 0 Å². The highest BCUT2D eigenvalue weighted by molar-refractivity contribution is 5.52. The average molecular weight is 247 g/mol. The Morgan fingerprint density at radius 3 is 2.83 bits per heavy atom. The summed E-state index contributed by atoms with van der Waals surface area (Å²) in [5, 5.41) is 12.2. The molecule has 1 N–H and O–H groups in total. The van der Waals surface area contributed by atoms with E-state index < -0.39 is 5.79 Å². The van der Waals surface area contributed by atoms with Crippen molar-refractivity contribution in [3.63, 3.8) is 0 Å². The van der Waals surface area contributed by atoms with Crippen LogP contribution in [0, 0.1) is 18.3 Å². The fourth-order valence-electron chi connectivity index (χ4n) is 1.89. The van der Waals surface area contributed by atoms with Gasteiger partial charge in [0.25, 0.3) is 0 Å². The van der Waals surface area contributed by atoms with Crippen LogP contribution in [0.4, 0.5) is 5.82 Å². The number of nitriles is 1. The molecule has 18 heavy (non-hydrogen) atoms. The second-order valence-electron chi connectivity index (χ2n) is 4.47. The third kappa shape index (κ3) is 2.97. The molecule has 1 aromatic heterocycles. The molecule has 1 aliphatic heterocycles. The Kier molecular flexibility index (Phi) is 3.80. The summed E-state index contributed by atoms with van der Waals surface area (Å²) < 4.78 is 11.0. The molecule has 5 heteroatoms. The molecule has 2 heterocycles. The lowest BCUT2D eigenvalue weighted by molar-refractivity contribution is -0.144. The SMILES string of the molecule is Cc1ccc(C#N)c(NCCC2(C)OCCO2)n1. The number of aryl methyl sites for hydroxylation is 1. The van der Waals surface area contributed by atoms with Crippen LogP contribution in [0.5, 0.6) is 0 Å². The second kappa shape index (κ2) is 5.34. The van der Waals surface area contributed by atoms with Gasteiger partial charge in [0.15, 0.2) is 5.79 Å². The summed E-state index contributed by atoms with van der Waals surface area (Å²) in [6.07, 6.45) is 0.716. The number of rotatable bonds is 4. The van der Waals surface area contributed by atoms with Gasteiger partial charge in [0.05, 0.1) is 18.8 Å². The van der Waals surface area contributed by atoms with Gasteiger partial charge in [0.2, 0.25) is 0 Å². The summed E-state index contributed by atoms with van der Waals surface area (Å²) in [6, 6.07) is 5.72. The van der Waals surface area contributed by atoms with Crippen LogP contribution < -0.4 is 5.32 Å². The van der Waals surface area contributed by atoms with Crippen LogP contribution in [-0.2, 0) is 9.47 Å². The lowest BCUT2D eigenvalue weighted by Gasteiger charge is -2.22. The minimum Gasteiger partial charge on any atom is -0.369 e. The van der Waals surface area contributed by atoms with E-state index >= 15 is 0 Å². The molecule has 0 saturated carbocycles. The Labute approximate surface area is 107 Å². The van der Waals surface area contributed by atoms with Crippen molar-refractivity contribution in [2.24, 2.45) is 0 Å². The fourth-order valence-corrected chi connectivity index (χ4v) is 1.89. The van der Waals surface area contributed by atoms with Crippen molar-refractivity contribution in [1.29, 1.82) is 5.26 Å². The number of aromatic nitrogens is 1. The van der Waals surface area contributed by atoms with Gasteiger partial charge >= 0.3 is 0 Å². The van der Waals surface area contributed by atoms with E-state index in [0.717, 1.165) is 5.69 Å². The third-order valence-corrected chi connectivity index (χ3v) is 2.92. The molecule has 1 fully saturated rings. The van der Waals surface area contributed by atoms with Gasteiger partial charge in [-0.15, -0.1) is 0 Å². The monoisotopic (exact) mass is 247 g/mol. The van der Waals surface area contributed by atoms with Gasteiger partial charge < -0.3 is 14.8 Å². The number of pyridine rings is 1. The van der Waals surface area contributed by atoms with Crippen LogP contribution in [0.3, 0.4) is 0 Å². The van der Waals surface area contributed by atoms with E-state index in [1.54, 1.807) is 6.07 Å². The van der Waals surface area contributed by atoms with Crippen molar-refractivity contribution in [2.75, 3.05) is 25.1 Å². The van der Waals surface area contributed by atoms with Gasteiger partial charge in [0, 0.05) is 18.7 Å². The van der Waals surface area contributed by atoms with E-state index in [1.165, 1.54) is 0 Å². The molecule has 96 valence electrons. The summed E-state index contributed by atoms with van der Waals surface area (Å²) in [5.41, 5.74) is 1.44. The predicted molar refractivity (Wildman–Crippen MR) is 67.1 cm³/mol. The van der Waals surface area contributed by atoms with Crippen LogP contribution in [0.1, 0.15) is 24.6 Å². The molecular weight excluding hydrogens is 230 g/mol. The maximum absolute atomic E-state index is 8.99. The van der Waals surface area contributed by atoms with Crippen LogP contribution in [-0.4, -0.2) is 30.5 Å². The van der Waals surface area contributed by atoms with Crippen molar-refractivity contribution >= 4 is 5.82 Å². The molecule has 0 amide bonds.